The number of para-hydroxylation sites is 1. The zero-order chi connectivity index (χ0) is 30.9. The van der Waals surface area contributed by atoms with E-state index in [-0.39, 0.29) is 5.91 Å². The van der Waals surface area contributed by atoms with E-state index in [2.05, 4.69) is 77.4 Å². The molecule has 9 heteroatoms. The van der Waals surface area contributed by atoms with Crippen molar-refractivity contribution < 1.29 is 32.6 Å². The zero-order valence-corrected chi connectivity index (χ0v) is 24.5. The summed E-state index contributed by atoms with van der Waals surface area (Å²) in [6, 6.07) is 27.0. The van der Waals surface area contributed by atoms with Gasteiger partial charge in [-0.15, -0.1) is 0 Å². The molecule has 43 heavy (non-hydrogen) atoms. The molecule has 2 aliphatic heterocycles. The number of ether oxygens (including phenoxy) is 1. The highest BCUT2D eigenvalue weighted by molar-refractivity contribution is 5.94. The molecule has 230 valence electrons. The average molecular weight is 597 g/mol. The quantitative estimate of drug-likeness (QED) is 0.319. The van der Waals surface area contributed by atoms with Crippen LogP contribution in [-0.4, -0.2) is 59.1 Å². The summed E-state index contributed by atoms with van der Waals surface area (Å²) in [6.07, 6.45) is 0.595. The number of likely N-dealkylation sites (tertiary alicyclic amines) is 2. The SMILES string of the molecule is CCc1ccc(C(=O)N2CCC3(CCN(Cc4ccccc4OCc4ccccc4)CC3)CC2)cc1.O=C(O)C(F)(F)F. The summed E-state index contributed by atoms with van der Waals surface area (Å²) >= 11 is 0. The molecule has 2 heterocycles. The molecule has 2 fully saturated rings. The fourth-order valence-corrected chi connectivity index (χ4v) is 5.69. The second-order valence-corrected chi connectivity index (χ2v) is 11.3. The predicted molar refractivity (Wildman–Crippen MR) is 159 cm³/mol. The van der Waals surface area contributed by atoms with Gasteiger partial charge in [-0.3, -0.25) is 9.69 Å². The van der Waals surface area contributed by atoms with E-state index in [1.807, 2.05) is 18.2 Å². The van der Waals surface area contributed by atoms with Crippen LogP contribution in [0.3, 0.4) is 0 Å². The van der Waals surface area contributed by atoms with Gasteiger partial charge < -0.3 is 14.7 Å². The lowest BCUT2D eigenvalue weighted by atomic mass is 9.71. The molecule has 3 aromatic carbocycles. The summed E-state index contributed by atoms with van der Waals surface area (Å²) in [5.74, 6) is -1.58. The van der Waals surface area contributed by atoms with E-state index in [4.69, 9.17) is 14.6 Å². The zero-order valence-electron chi connectivity index (χ0n) is 24.5. The van der Waals surface area contributed by atoms with Gasteiger partial charge in [-0.2, -0.15) is 13.2 Å². The number of amides is 1. The maximum Gasteiger partial charge on any atom is 0.490 e. The van der Waals surface area contributed by atoms with Gasteiger partial charge in [0.25, 0.3) is 5.91 Å². The van der Waals surface area contributed by atoms with Crippen LogP contribution in [0.4, 0.5) is 13.2 Å². The number of nitrogens with zero attached hydrogens (tertiary/aromatic N) is 2. The number of aliphatic carboxylic acids is 1. The molecule has 0 bridgehead atoms. The van der Waals surface area contributed by atoms with E-state index < -0.39 is 12.1 Å². The first-order chi connectivity index (χ1) is 20.6. The van der Waals surface area contributed by atoms with Gasteiger partial charge in [0, 0.05) is 30.8 Å². The third kappa shape index (κ3) is 9.07. The number of carboxylic acid groups (broad SMARTS) is 1. The number of carbonyl (C=O) groups is 2. The molecule has 0 aromatic heterocycles. The van der Waals surface area contributed by atoms with Crippen LogP contribution in [0.2, 0.25) is 0 Å². The van der Waals surface area contributed by atoms with Crippen LogP contribution in [0, 0.1) is 5.41 Å². The monoisotopic (exact) mass is 596 g/mol. The molecule has 5 rings (SSSR count). The number of rotatable bonds is 7. The topological polar surface area (TPSA) is 70.1 Å². The van der Waals surface area contributed by atoms with Crippen LogP contribution in [0.15, 0.2) is 78.9 Å². The van der Waals surface area contributed by atoms with Gasteiger partial charge in [0.2, 0.25) is 0 Å². The third-order valence-electron chi connectivity index (χ3n) is 8.48. The molecule has 1 spiro atoms. The third-order valence-corrected chi connectivity index (χ3v) is 8.48. The van der Waals surface area contributed by atoms with Crippen molar-refractivity contribution >= 4 is 11.9 Å². The Morgan fingerprint density at radius 2 is 1.37 bits per heavy atom. The molecular weight excluding hydrogens is 557 g/mol. The van der Waals surface area contributed by atoms with Gasteiger partial charge in [0.1, 0.15) is 12.4 Å². The highest BCUT2D eigenvalue weighted by atomic mass is 19.4. The lowest BCUT2D eigenvalue weighted by Crippen LogP contribution is -2.48. The smallest absolute Gasteiger partial charge is 0.489 e. The fourth-order valence-electron chi connectivity index (χ4n) is 5.69. The van der Waals surface area contributed by atoms with Crippen molar-refractivity contribution in [2.45, 2.75) is 58.4 Å². The number of alkyl halides is 3. The van der Waals surface area contributed by atoms with Gasteiger partial charge in [0.05, 0.1) is 0 Å². The highest BCUT2D eigenvalue weighted by Crippen LogP contribution is 2.42. The Hall–Kier alpha value is -3.85. The van der Waals surface area contributed by atoms with Gasteiger partial charge >= 0.3 is 12.1 Å². The number of hydrogen-bond donors (Lipinski definition) is 1. The number of hydrogen-bond acceptors (Lipinski definition) is 4. The van der Waals surface area contributed by atoms with Gasteiger partial charge in [-0.05, 0) is 79.9 Å². The summed E-state index contributed by atoms with van der Waals surface area (Å²) in [4.78, 5) is 26.5. The largest absolute Gasteiger partial charge is 0.490 e. The molecule has 0 saturated carbocycles. The average Bonchev–Trinajstić information content (AvgIpc) is 3.02. The van der Waals surface area contributed by atoms with E-state index >= 15 is 0 Å². The molecule has 1 amide bonds. The standard InChI is InChI=1S/C32H38N2O2.C2HF3O2/c1-2-26-12-14-28(15-13-26)31(35)34-22-18-32(19-23-34)16-20-33(21-17-32)24-29-10-6-7-11-30(29)36-25-27-8-4-3-5-9-27;3-2(4,5)1(6)7/h3-15H,2,16-25H2,1H3;(H,6,7). The minimum atomic E-state index is -5.08. The van der Waals surface area contributed by atoms with Gasteiger partial charge in [0.15, 0.2) is 0 Å². The molecule has 0 atom stereocenters. The van der Waals surface area contributed by atoms with Crippen molar-refractivity contribution in [3.8, 4) is 5.75 Å². The molecule has 3 aromatic rings. The number of benzene rings is 3. The van der Waals surface area contributed by atoms with Crippen LogP contribution >= 0.6 is 0 Å². The number of aryl methyl sites for hydroxylation is 1. The summed E-state index contributed by atoms with van der Waals surface area (Å²) in [7, 11) is 0. The number of carboxylic acids is 1. The Balaban J connectivity index is 0.000000541. The minimum Gasteiger partial charge on any atom is -0.489 e. The van der Waals surface area contributed by atoms with Crippen molar-refractivity contribution in [1.82, 2.24) is 9.80 Å². The lowest BCUT2D eigenvalue weighted by Gasteiger charge is -2.47. The van der Waals surface area contributed by atoms with E-state index in [9.17, 15) is 18.0 Å². The van der Waals surface area contributed by atoms with Crippen molar-refractivity contribution in [3.05, 3.63) is 101 Å². The minimum absolute atomic E-state index is 0.192. The first-order valence-electron chi connectivity index (χ1n) is 14.7. The number of carbonyl (C=O) groups excluding carboxylic acids is 1. The van der Waals surface area contributed by atoms with Crippen LogP contribution < -0.4 is 4.74 Å². The van der Waals surface area contributed by atoms with Crippen molar-refractivity contribution in [1.29, 1.82) is 0 Å². The Labute approximate surface area is 251 Å². The Morgan fingerprint density at radius 1 is 0.814 bits per heavy atom. The molecule has 2 saturated heterocycles. The molecular formula is C34H39F3N2O4. The van der Waals surface area contributed by atoms with Gasteiger partial charge in [-0.1, -0.05) is 67.6 Å². The van der Waals surface area contributed by atoms with E-state index in [0.29, 0.717) is 12.0 Å². The van der Waals surface area contributed by atoms with E-state index in [1.165, 1.54) is 29.5 Å². The second-order valence-electron chi connectivity index (χ2n) is 11.3. The fraction of sp³-hybridized carbons (Fsp3) is 0.412. The lowest BCUT2D eigenvalue weighted by molar-refractivity contribution is -0.192. The summed E-state index contributed by atoms with van der Waals surface area (Å²) < 4.78 is 37.9. The Bertz CT molecular complexity index is 1330. The summed E-state index contributed by atoms with van der Waals surface area (Å²) in [6.45, 7) is 7.65. The van der Waals surface area contributed by atoms with Crippen LogP contribution in [0.1, 0.15) is 59.7 Å². The number of halogens is 3. The van der Waals surface area contributed by atoms with Crippen molar-refractivity contribution in [2.75, 3.05) is 26.2 Å². The molecule has 6 nitrogen and oxygen atoms in total. The molecule has 0 radical (unpaired) electrons. The Kier molecular flexibility index (Phi) is 10.9. The normalized spacial score (nSPS) is 16.7. The van der Waals surface area contributed by atoms with Crippen molar-refractivity contribution in [2.24, 2.45) is 5.41 Å². The van der Waals surface area contributed by atoms with Crippen LogP contribution in [-0.2, 0) is 24.4 Å². The Morgan fingerprint density at radius 3 is 1.95 bits per heavy atom. The van der Waals surface area contributed by atoms with E-state index in [1.54, 1.807) is 0 Å². The molecule has 0 unspecified atom stereocenters. The summed E-state index contributed by atoms with van der Waals surface area (Å²) in [5.41, 5.74) is 4.95. The first kappa shape index (κ1) is 32.1. The second kappa shape index (κ2) is 14.6. The molecule has 0 aliphatic carbocycles. The predicted octanol–water partition coefficient (Wildman–Crippen LogP) is 6.98. The summed E-state index contributed by atoms with van der Waals surface area (Å²) in [5, 5.41) is 7.12. The van der Waals surface area contributed by atoms with Crippen LogP contribution in [0.25, 0.3) is 0 Å². The molecule has 1 N–H and O–H groups in total. The van der Waals surface area contributed by atoms with E-state index in [0.717, 1.165) is 63.3 Å². The van der Waals surface area contributed by atoms with Gasteiger partial charge in [-0.25, -0.2) is 4.79 Å². The first-order valence-corrected chi connectivity index (χ1v) is 14.7. The van der Waals surface area contributed by atoms with Crippen LogP contribution in [0.5, 0.6) is 5.75 Å². The maximum atomic E-state index is 13.0. The molecule has 2 aliphatic rings. The highest BCUT2D eigenvalue weighted by Gasteiger charge is 2.39. The maximum absolute atomic E-state index is 13.0. The van der Waals surface area contributed by atoms with Crippen molar-refractivity contribution in [3.63, 3.8) is 0 Å². The number of piperidine rings is 2.